The number of ketones is 1. The summed E-state index contributed by atoms with van der Waals surface area (Å²) in [5.74, 6) is 0.430. The number of halogens is 1. The highest BCUT2D eigenvalue weighted by molar-refractivity contribution is 6.30. The van der Waals surface area contributed by atoms with Gasteiger partial charge in [-0.05, 0) is 42.3 Å². The summed E-state index contributed by atoms with van der Waals surface area (Å²) >= 11 is 5.90. The Bertz CT molecular complexity index is 910. The molecule has 0 aliphatic rings. The van der Waals surface area contributed by atoms with Crippen LogP contribution in [-0.4, -0.2) is 15.3 Å². The summed E-state index contributed by atoms with van der Waals surface area (Å²) in [5, 5.41) is 0.683. The predicted molar refractivity (Wildman–Crippen MR) is 109 cm³/mol. The van der Waals surface area contributed by atoms with E-state index in [1.54, 1.807) is 12.2 Å². The number of aryl methyl sites for hydroxylation is 1. The summed E-state index contributed by atoms with van der Waals surface area (Å²) in [6.07, 6.45) is 8.02. The smallest absolute Gasteiger partial charge is 0.221 e. The molecule has 0 spiro atoms. The molecule has 26 heavy (non-hydrogen) atoms. The quantitative estimate of drug-likeness (QED) is 0.271. The Morgan fingerprint density at radius 2 is 1.85 bits per heavy atom. The van der Waals surface area contributed by atoms with Crippen LogP contribution in [0, 0.1) is 0 Å². The van der Waals surface area contributed by atoms with Crippen molar-refractivity contribution in [3.05, 3.63) is 71.0 Å². The van der Waals surface area contributed by atoms with Crippen LogP contribution in [-0.2, 0) is 6.54 Å². The number of hydrogen-bond acceptors (Lipinski definition) is 2. The third-order valence-corrected chi connectivity index (χ3v) is 4.66. The van der Waals surface area contributed by atoms with E-state index in [0.29, 0.717) is 10.8 Å². The number of imidazole rings is 1. The van der Waals surface area contributed by atoms with Crippen LogP contribution < -0.4 is 0 Å². The van der Waals surface area contributed by atoms with Gasteiger partial charge in [-0.1, -0.05) is 68.1 Å². The molecule has 0 amide bonds. The molecule has 3 nitrogen and oxygen atoms in total. The highest BCUT2D eigenvalue weighted by atomic mass is 35.5. The largest absolute Gasteiger partial charge is 0.321 e. The second-order valence-corrected chi connectivity index (χ2v) is 6.82. The van der Waals surface area contributed by atoms with E-state index >= 15 is 0 Å². The molecule has 134 valence electrons. The van der Waals surface area contributed by atoms with Crippen LogP contribution in [0.5, 0.6) is 0 Å². The molecule has 0 aliphatic heterocycles. The van der Waals surface area contributed by atoms with Gasteiger partial charge in [0.1, 0.15) is 0 Å². The van der Waals surface area contributed by atoms with Crippen LogP contribution in [0.3, 0.4) is 0 Å². The molecule has 0 aliphatic carbocycles. The normalized spacial score (nSPS) is 11.5. The van der Waals surface area contributed by atoms with Crippen LogP contribution in [0.4, 0.5) is 0 Å². The van der Waals surface area contributed by atoms with Gasteiger partial charge in [0, 0.05) is 11.6 Å². The molecule has 0 N–H and O–H groups in total. The SMILES string of the molecule is CCCCCCn1c(C(=O)/C=C/c2ccc(Cl)cc2)nc2ccccc21. The third-order valence-electron chi connectivity index (χ3n) is 4.41. The minimum Gasteiger partial charge on any atom is -0.321 e. The number of hydrogen-bond donors (Lipinski definition) is 0. The van der Waals surface area contributed by atoms with Crippen LogP contribution in [0.1, 0.15) is 48.8 Å². The van der Waals surface area contributed by atoms with E-state index in [1.165, 1.54) is 12.8 Å². The van der Waals surface area contributed by atoms with Crippen LogP contribution in [0.2, 0.25) is 5.02 Å². The van der Waals surface area contributed by atoms with Gasteiger partial charge in [-0.2, -0.15) is 0 Å². The first-order chi connectivity index (χ1) is 12.7. The molecule has 1 heterocycles. The van der Waals surface area contributed by atoms with E-state index in [-0.39, 0.29) is 5.78 Å². The second kappa shape index (κ2) is 8.81. The number of para-hydroxylation sites is 2. The fourth-order valence-electron chi connectivity index (χ4n) is 3.01. The number of aromatic nitrogens is 2. The molecule has 0 saturated heterocycles. The zero-order valence-corrected chi connectivity index (χ0v) is 15.7. The Morgan fingerprint density at radius 1 is 1.08 bits per heavy atom. The fourth-order valence-corrected chi connectivity index (χ4v) is 3.13. The van der Waals surface area contributed by atoms with Crippen LogP contribution in [0.25, 0.3) is 17.1 Å². The highest BCUT2D eigenvalue weighted by Crippen LogP contribution is 2.19. The lowest BCUT2D eigenvalue weighted by Gasteiger charge is -2.07. The first kappa shape index (κ1) is 18.4. The van der Waals surface area contributed by atoms with Crippen molar-refractivity contribution in [3.8, 4) is 0 Å². The molecule has 3 rings (SSSR count). The minimum absolute atomic E-state index is 0.0772. The van der Waals surface area contributed by atoms with Crippen molar-refractivity contribution in [1.82, 2.24) is 9.55 Å². The molecular formula is C22H23ClN2O. The summed E-state index contributed by atoms with van der Waals surface area (Å²) in [6.45, 7) is 3.01. The molecular weight excluding hydrogens is 344 g/mol. The van der Waals surface area contributed by atoms with Gasteiger partial charge in [0.15, 0.2) is 5.82 Å². The number of rotatable bonds is 8. The van der Waals surface area contributed by atoms with Gasteiger partial charge in [-0.3, -0.25) is 4.79 Å². The van der Waals surface area contributed by atoms with Crippen molar-refractivity contribution >= 4 is 34.5 Å². The lowest BCUT2D eigenvalue weighted by molar-refractivity contribution is 0.103. The number of carbonyl (C=O) groups is 1. The monoisotopic (exact) mass is 366 g/mol. The molecule has 3 aromatic rings. The van der Waals surface area contributed by atoms with Gasteiger partial charge < -0.3 is 4.57 Å². The van der Waals surface area contributed by atoms with Crippen molar-refractivity contribution in [3.63, 3.8) is 0 Å². The molecule has 2 aromatic carbocycles. The number of carbonyl (C=O) groups excluding carboxylic acids is 1. The summed E-state index contributed by atoms with van der Waals surface area (Å²) < 4.78 is 2.06. The Labute approximate surface area is 159 Å². The average molecular weight is 367 g/mol. The Balaban J connectivity index is 1.85. The van der Waals surface area contributed by atoms with Crippen molar-refractivity contribution in [1.29, 1.82) is 0 Å². The zero-order chi connectivity index (χ0) is 18.4. The summed E-state index contributed by atoms with van der Waals surface area (Å²) in [5.41, 5.74) is 2.83. The third kappa shape index (κ3) is 4.41. The van der Waals surface area contributed by atoms with E-state index in [0.717, 1.165) is 36.0 Å². The zero-order valence-electron chi connectivity index (χ0n) is 15.0. The lowest BCUT2D eigenvalue weighted by Crippen LogP contribution is -2.09. The molecule has 0 fully saturated rings. The van der Waals surface area contributed by atoms with Gasteiger partial charge >= 0.3 is 0 Å². The van der Waals surface area contributed by atoms with Gasteiger partial charge in [-0.25, -0.2) is 4.98 Å². The maximum Gasteiger partial charge on any atom is 0.221 e. The molecule has 4 heteroatoms. The van der Waals surface area contributed by atoms with Gasteiger partial charge in [0.2, 0.25) is 5.78 Å². The molecule has 0 saturated carbocycles. The summed E-state index contributed by atoms with van der Waals surface area (Å²) in [7, 11) is 0. The molecule has 0 unspecified atom stereocenters. The van der Waals surface area contributed by atoms with Crippen LogP contribution in [0.15, 0.2) is 54.6 Å². The van der Waals surface area contributed by atoms with Gasteiger partial charge in [0.25, 0.3) is 0 Å². The maximum absolute atomic E-state index is 12.8. The number of benzene rings is 2. The Kier molecular flexibility index (Phi) is 6.24. The number of nitrogens with zero attached hydrogens (tertiary/aromatic N) is 2. The van der Waals surface area contributed by atoms with Crippen molar-refractivity contribution in [2.24, 2.45) is 0 Å². The Hall–Kier alpha value is -2.39. The van der Waals surface area contributed by atoms with Gasteiger partial charge in [0.05, 0.1) is 11.0 Å². The number of allylic oxidation sites excluding steroid dienone is 1. The summed E-state index contributed by atoms with van der Waals surface area (Å²) in [6, 6.07) is 15.3. The van der Waals surface area contributed by atoms with Crippen molar-refractivity contribution in [2.45, 2.75) is 39.2 Å². The number of fused-ring (bicyclic) bond motifs is 1. The number of unbranched alkanes of at least 4 members (excludes halogenated alkanes) is 3. The molecule has 0 bridgehead atoms. The topological polar surface area (TPSA) is 34.9 Å². The van der Waals surface area contributed by atoms with E-state index in [4.69, 9.17) is 11.6 Å². The minimum atomic E-state index is -0.0772. The van der Waals surface area contributed by atoms with Crippen LogP contribution >= 0.6 is 11.6 Å². The first-order valence-electron chi connectivity index (χ1n) is 9.12. The molecule has 1 aromatic heterocycles. The molecule has 0 atom stereocenters. The average Bonchev–Trinajstić information content (AvgIpc) is 3.03. The van der Waals surface area contributed by atoms with Crippen molar-refractivity contribution in [2.75, 3.05) is 0 Å². The maximum atomic E-state index is 12.8. The highest BCUT2D eigenvalue weighted by Gasteiger charge is 2.15. The van der Waals surface area contributed by atoms with E-state index in [1.807, 2.05) is 48.5 Å². The Morgan fingerprint density at radius 3 is 2.62 bits per heavy atom. The van der Waals surface area contributed by atoms with Crippen molar-refractivity contribution < 1.29 is 4.79 Å². The fraction of sp³-hybridized carbons (Fsp3) is 0.273. The van der Waals surface area contributed by atoms with Gasteiger partial charge in [-0.15, -0.1) is 0 Å². The van der Waals surface area contributed by atoms with E-state index in [2.05, 4.69) is 16.5 Å². The summed E-state index contributed by atoms with van der Waals surface area (Å²) in [4.78, 5) is 17.3. The standard InChI is InChI=1S/C22H23ClN2O/c1-2-3-4-7-16-25-20-9-6-5-8-19(20)24-22(25)21(26)15-12-17-10-13-18(23)14-11-17/h5-6,8-15H,2-4,7,16H2,1H3/b15-12+. The van der Waals surface area contributed by atoms with E-state index < -0.39 is 0 Å². The first-order valence-corrected chi connectivity index (χ1v) is 9.50. The lowest BCUT2D eigenvalue weighted by atomic mass is 10.2. The van der Waals surface area contributed by atoms with E-state index in [9.17, 15) is 4.79 Å². The predicted octanol–water partition coefficient (Wildman–Crippen LogP) is 6.17. The second-order valence-electron chi connectivity index (χ2n) is 6.39. The molecule has 0 radical (unpaired) electrons.